The van der Waals surface area contributed by atoms with Gasteiger partial charge in [-0.3, -0.25) is 10.1 Å². The fourth-order valence-corrected chi connectivity index (χ4v) is 2.35. The van der Waals surface area contributed by atoms with Crippen molar-refractivity contribution in [1.82, 2.24) is 9.97 Å². The number of para-hydroxylation sites is 1. The first kappa shape index (κ1) is 15.0. The van der Waals surface area contributed by atoms with Gasteiger partial charge in [0.05, 0.1) is 20.8 Å². The number of aromatic nitrogens is 2. The van der Waals surface area contributed by atoms with Crippen LogP contribution in [0, 0.1) is 10.1 Å². The van der Waals surface area contributed by atoms with E-state index < -0.39 is 4.92 Å². The molecule has 0 saturated heterocycles. The Labute approximate surface area is 132 Å². The summed E-state index contributed by atoms with van der Waals surface area (Å²) < 4.78 is 5.91. The van der Waals surface area contributed by atoms with E-state index in [1.54, 1.807) is 6.07 Å². The van der Waals surface area contributed by atoms with Crippen molar-refractivity contribution in [3.63, 3.8) is 0 Å². The van der Waals surface area contributed by atoms with Crippen molar-refractivity contribution in [2.24, 2.45) is 0 Å². The van der Waals surface area contributed by atoms with Crippen molar-refractivity contribution in [1.29, 1.82) is 0 Å². The first-order chi connectivity index (χ1) is 9.54. The zero-order chi connectivity index (χ0) is 14.7. The molecule has 0 bridgehead atoms. The molecule has 2 rings (SSSR count). The SMILES string of the molecule is O=[N+]([O-])c1cccc(Br)c1Oc1ncnc(Cl)c1CCl. The molecule has 0 aliphatic rings. The monoisotopic (exact) mass is 377 g/mol. The predicted molar refractivity (Wildman–Crippen MR) is 77.5 cm³/mol. The van der Waals surface area contributed by atoms with Gasteiger partial charge in [0.25, 0.3) is 0 Å². The molecule has 2 aromatic rings. The normalized spacial score (nSPS) is 10.3. The topological polar surface area (TPSA) is 78.2 Å². The maximum absolute atomic E-state index is 11.0. The number of nitrogens with zero attached hydrogens (tertiary/aromatic N) is 3. The lowest BCUT2D eigenvalue weighted by molar-refractivity contribution is -0.385. The summed E-state index contributed by atoms with van der Waals surface area (Å²) in [7, 11) is 0. The molecule has 0 N–H and O–H groups in total. The molecule has 104 valence electrons. The smallest absolute Gasteiger partial charge is 0.312 e. The number of halogens is 3. The zero-order valence-corrected chi connectivity index (χ0v) is 12.8. The lowest BCUT2D eigenvalue weighted by Gasteiger charge is -2.10. The van der Waals surface area contributed by atoms with Crippen LogP contribution in [0.5, 0.6) is 11.6 Å². The number of ether oxygens (including phenoxy) is 1. The molecule has 6 nitrogen and oxygen atoms in total. The molecule has 0 aliphatic carbocycles. The Morgan fingerprint density at radius 1 is 1.40 bits per heavy atom. The van der Waals surface area contributed by atoms with Crippen LogP contribution in [0.4, 0.5) is 5.69 Å². The standard InChI is InChI=1S/C11H6BrCl2N3O3/c12-7-2-1-3-8(17(18)19)9(7)20-11-6(4-13)10(14)15-5-16-11/h1-3,5H,4H2. The highest BCUT2D eigenvalue weighted by Crippen LogP contribution is 2.39. The molecule has 1 aromatic heterocycles. The molecule has 0 fully saturated rings. The van der Waals surface area contributed by atoms with Crippen LogP contribution in [0.1, 0.15) is 5.56 Å². The van der Waals surface area contributed by atoms with Gasteiger partial charge in [0, 0.05) is 6.07 Å². The average Bonchev–Trinajstić information content (AvgIpc) is 2.41. The summed E-state index contributed by atoms with van der Waals surface area (Å²) in [6.07, 6.45) is 1.19. The first-order valence-electron chi connectivity index (χ1n) is 5.20. The molecule has 0 spiro atoms. The number of hydrogen-bond donors (Lipinski definition) is 0. The highest BCUT2D eigenvalue weighted by molar-refractivity contribution is 9.10. The Hall–Kier alpha value is -1.44. The molecule has 0 saturated carbocycles. The van der Waals surface area contributed by atoms with Crippen molar-refractivity contribution in [3.05, 3.63) is 49.8 Å². The number of nitro groups is 1. The van der Waals surface area contributed by atoms with E-state index >= 15 is 0 Å². The van der Waals surface area contributed by atoms with Gasteiger partial charge in [-0.25, -0.2) is 9.97 Å². The summed E-state index contributed by atoms with van der Waals surface area (Å²) in [4.78, 5) is 18.1. The molecule has 1 heterocycles. The number of hydrogen-bond acceptors (Lipinski definition) is 5. The van der Waals surface area contributed by atoms with E-state index in [-0.39, 0.29) is 28.3 Å². The third kappa shape index (κ3) is 3.00. The van der Waals surface area contributed by atoms with Crippen LogP contribution in [0.15, 0.2) is 29.0 Å². The van der Waals surface area contributed by atoms with Gasteiger partial charge in [-0.2, -0.15) is 0 Å². The minimum absolute atomic E-state index is 0.0211. The van der Waals surface area contributed by atoms with Crippen molar-refractivity contribution >= 4 is 44.8 Å². The molecule has 9 heteroatoms. The van der Waals surface area contributed by atoms with Crippen LogP contribution < -0.4 is 4.74 Å². The molecule has 20 heavy (non-hydrogen) atoms. The highest BCUT2D eigenvalue weighted by Gasteiger charge is 2.21. The van der Waals surface area contributed by atoms with Gasteiger partial charge in [0.1, 0.15) is 11.5 Å². The van der Waals surface area contributed by atoms with Gasteiger partial charge in [0.15, 0.2) is 0 Å². The van der Waals surface area contributed by atoms with E-state index in [4.69, 9.17) is 27.9 Å². The van der Waals surface area contributed by atoms with Crippen LogP contribution in [0.3, 0.4) is 0 Å². The van der Waals surface area contributed by atoms with Gasteiger partial charge in [-0.05, 0) is 22.0 Å². The molecule has 0 amide bonds. The molecule has 0 aliphatic heterocycles. The van der Waals surface area contributed by atoms with Crippen LogP contribution in [0.25, 0.3) is 0 Å². The van der Waals surface area contributed by atoms with Crippen molar-refractivity contribution < 1.29 is 9.66 Å². The number of benzene rings is 1. The minimum atomic E-state index is -0.552. The second kappa shape index (κ2) is 6.34. The van der Waals surface area contributed by atoms with Crippen LogP contribution >= 0.6 is 39.1 Å². The Balaban J connectivity index is 2.50. The summed E-state index contributed by atoms with van der Waals surface area (Å²) in [6.45, 7) is 0. The number of alkyl halides is 1. The zero-order valence-electron chi connectivity index (χ0n) is 9.72. The molecule has 1 aromatic carbocycles. The van der Waals surface area contributed by atoms with Gasteiger partial charge in [-0.15, -0.1) is 11.6 Å². The van der Waals surface area contributed by atoms with Crippen molar-refractivity contribution in [2.45, 2.75) is 5.88 Å². The summed E-state index contributed by atoms with van der Waals surface area (Å²) >= 11 is 14.8. The van der Waals surface area contributed by atoms with E-state index in [9.17, 15) is 10.1 Å². The van der Waals surface area contributed by atoms with Gasteiger partial charge >= 0.3 is 5.69 Å². The van der Waals surface area contributed by atoms with Gasteiger partial charge in [0.2, 0.25) is 11.6 Å². The van der Waals surface area contributed by atoms with Crippen molar-refractivity contribution in [2.75, 3.05) is 0 Å². The van der Waals surface area contributed by atoms with Crippen molar-refractivity contribution in [3.8, 4) is 11.6 Å². The van der Waals surface area contributed by atoms with Gasteiger partial charge in [-0.1, -0.05) is 17.7 Å². The fraction of sp³-hybridized carbons (Fsp3) is 0.0909. The van der Waals surface area contributed by atoms with E-state index in [2.05, 4.69) is 25.9 Å². The summed E-state index contributed by atoms with van der Waals surface area (Å²) in [5, 5.41) is 11.1. The van der Waals surface area contributed by atoms with E-state index in [1.165, 1.54) is 18.5 Å². The third-order valence-electron chi connectivity index (χ3n) is 2.33. The molecule has 0 unspecified atom stereocenters. The molecular weight excluding hydrogens is 373 g/mol. The Bertz CT molecular complexity index is 669. The first-order valence-corrected chi connectivity index (χ1v) is 6.91. The second-order valence-electron chi connectivity index (χ2n) is 3.53. The van der Waals surface area contributed by atoms with E-state index in [0.717, 1.165) is 0 Å². The van der Waals surface area contributed by atoms with E-state index in [1.807, 2.05) is 0 Å². The maximum Gasteiger partial charge on any atom is 0.312 e. The largest absolute Gasteiger partial charge is 0.430 e. The van der Waals surface area contributed by atoms with Gasteiger partial charge < -0.3 is 4.74 Å². The average molecular weight is 379 g/mol. The molecule has 0 radical (unpaired) electrons. The lowest BCUT2D eigenvalue weighted by atomic mass is 10.3. The lowest BCUT2D eigenvalue weighted by Crippen LogP contribution is -1.99. The van der Waals surface area contributed by atoms with Crippen LogP contribution in [-0.4, -0.2) is 14.9 Å². The van der Waals surface area contributed by atoms with Crippen LogP contribution in [0.2, 0.25) is 5.15 Å². The van der Waals surface area contributed by atoms with Crippen LogP contribution in [-0.2, 0) is 5.88 Å². The molecular formula is C11H6BrCl2N3O3. The quantitative estimate of drug-likeness (QED) is 0.342. The third-order valence-corrected chi connectivity index (χ3v) is 3.55. The Morgan fingerprint density at radius 3 is 2.80 bits per heavy atom. The second-order valence-corrected chi connectivity index (χ2v) is 5.01. The van der Waals surface area contributed by atoms with E-state index in [0.29, 0.717) is 10.0 Å². The summed E-state index contributed by atoms with van der Waals surface area (Å²) in [6, 6.07) is 4.47. The summed E-state index contributed by atoms with van der Waals surface area (Å²) in [5.74, 6) is 0.126. The Kier molecular flexibility index (Phi) is 4.74. The minimum Gasteiger partial charge on any atom is -0.430 e. The molecule has 0 atom stereocenters. The Morgan fingerprint density at radius 2 is 2.15 bits per heavy atom. The maximum atomic E-state index is 11.0. The highest BCUT2D eigenvalue weighted by atomic mass is 79.9. The number of nitro benzene ring substituents is 1. The number of rotatable bonds is 4. The fourth-order valence-electron chi connectivity index (χ4n) is 1.42. The predicted octanol–water partition coefficient (Wildman–Crippen LogP) is 4.33. The summed E-state index contributed by atoms with van der Waals surface area (Å²) in [5.41, 5.74) is 0.163.